The summed E-state index contributed by atoms with van der Waals surface area (Å²) in [4.78, 5) is 10.8. The Labute approximate surface area is 134 Å². The lowest BCUT2D eigenvalue weighted by Gasteiger charge is -2.21. The lowest BCUT2D eigenvalue weighted by Crippen LogP contribution is -2.35. The fourth-order valence-electron chi connectivity index (χ4n) is 1.64. The summed E-state index contributed by atoms with van der Waals surface area (Å²) in [5.74, 6) is 0.814. The molecule has 0 fully saturated rings. The molecule has 3 N–H and O–H groups in total. The fraction of sp³-hybridized carbons (Fsp3) is 0.533. The monoisotopic (exact) mass is 358 g/mol. The average Bonchev–Trinajstić information content (AvgIpc) is 2.37. The van der Waals surface area contributed by atoms with Crippen molar-refractivity contribution in [2.75, 3.05) is 13.7 Å². The van der Waals surface area contributed by atoms with Crippen molar-refractivity contribution < 1.29 is 14.3 Å². The molecule has 0 unspecified atom stereocenters. The largest absolute Gasteiger partial charge is 0.493 e. The predicted molar refractivity (Wildman–Crippen MR) is 86.6 cm³/mol. The average molecular weight is 359 g/mol. The third-order valence-corrected chi connectivity index (χ3v) is 3.30. The van der Waals surface area contributed by atoms with Gasteiger partial charge in [-0.2, -0.15) is 0 Å². The van der Waals surface area contributed by atoms with E-state index in [0.29, 0.717) is 11.5 Å². The molecular formula is C15H23BrN2O3. The summed E-state index contributed by atoms with van der Waals surface area (Å²) in [5.41, 5.74) is 6.22. The maximum atomic E-state index is 10.8. The van der Waals surface area contributed by atoms with Crippen LogP contribution in [0.15, 0.2) is 16.6 Å². The number of amides is 1. The molecule has 1 aromatic rings. The van der Waals surface area contributed by atoms with E-state index in [4.69, 9.17) is 15.2 Å². The second-order valence-corrected chi connectivity index (χ2v) is 6.63. The van der Waals surface area contributed by atoms with Crippen LogP contribution >= 0.6 is 15.9 Å². The van der Waals surface area contributed by atoms with Crippen LogP contribution in [0.2, 0.25) is 0 Å². The van der Waals surface area contributed by atoms with Gasteiger partial charge in [-0.25, -0.2) is 0 Å². The van der Waals surface area contributed by atoms with Crippen molar-refractivity contribution in [2.24, 2.45) is 5.73 Å². The first-order valence-corrected chi connectivity index (χ1v) is 7.55. The van der Waals surface area contributed by atoms with Gasteiger partial charge in [0.15, 0.2) is 11.5 Å². The Morgan fingerprint density at radius 1 is 1.38 bits per heavy atom. The second kappa shape index (κ2) is 7.66. The maximum absolute atomic E-state index is 10.8. The summed E-state index contributed by atoms with van der Waals surface area (Å²) in [7, 11) is 1.59. The number of rotatable bonds is 7. The van der Waals surface area contributed by atoms with E-state index in [1.165, 1.54) is 0 Å². The van der Waals surface area contributed by atoms with E-state index in [2.05, 4.69) is 42.0 Å². The zero-order valence-corrected chi connectivity index (χ0v) is 14.5. The molecule has 0 bridgehead atoms. The van der Waals surface area contributed by atoms with E-state index < -0.39 is 5.91 Å². The van der Waals surface area contributed by atoms with Crippen LogP contribution in [0.3, 0.4) is 0 Å². The van der Waals surface area contributed by atoms with E-state index in [1.807, 2.05) is 12.1 Å². The number of methoxy groups -OCH3 is 1. The van der Waals surface area contributed by atoms with Gasteiger partial charge in [0.25, 0.3) is 0 Å². The van der Waals surface area contributed by atoms with Crippen molar-refractivity contribution in [1.82, 2.24) is 5.32 Å². The highest BCUT2D eigenvalue weighted by atomic mass is 79.9. The number of nitrogens with two attached hydrogens (primary N) is 1. The quantitative estimate of drug-likeness (QED) is 0.785. The zero-order chi connectivity index (χ0) is 16.0. The molecule has 21 heavy (non-hydrogen) atoms. The second-order valence-electron chi connectivity index (χ2n) is 5.78. The molecule has 1 aromatic carbocycles. The van der Waals surface area contributed by atoms with Crippen molar-refractivity contribution >= 4 is 21.8 Å². The molecule has 6 heteroatoms. The van der Waals surface area contributed by atoms with Crippen LogP contribution in [0.5, 0.6) is 11.5 Å². The van der Waals surface area contributed by atoms with Crippen molar-refractivity contribution in [1.29, 1.82) is 0 Å². The van der Waals surface area contributed by atoms with E-state index in [0.717, 1.165) is 16.6 Å². The Hall–Kier alpha value is -1.27. The van der Waals surface area contributed by atoms with E-state index in [-0.39, 0.29) is 18.6 Å². The van der Waals surface area contributed by atoms with E-state index in [9.17, 15) is 4.79 Å². The van der Waals surface area contributed by atoms with Crippen LogP contribution in [0.4, 0.5) is 0 Å². The molecule has 0 aliphatic rings. The molecule has 0 radical (unpaired) electrons. The van der Waals surface area contributed by atoms with Crippen LogP contribution < -0.4 is 20.5 Å². The molecule has 0 atom stereocenters. The number of carbonyl (C=O) groups excluding carboxylic acids is 1. The van der Waals surface area contributed by atoms with Gasteiger partial charge in [0.2, 0.25) is 5.91 Å². The van der Waals surface area contributed by atoms with Crippen LogP contribution in [0.1, 0.15) is 32.8 Å². The molecule has 118 valence electrons. The third-order valence-electron chi connectivity index (χ3n) is 2.71. The summed E-state index contributed by atoms with van der Waals surface area (Å²) in [6.07, 6.45) is 0.170. The minimum Gasteiger partial charge on any atom is -0.493 e. The number of nitrogens with one attached hydrogen (secondary N) is 1. The zero-order valence-electron chi connectivity index (χ0n) is 13.0. The number of ether oxygens (including phenoxy) is 2. The Balaban J connectivity index is 2.84. The van der Waals surface area contributed by atoms with Crippen molar-refractivity contribution in [2.45, 2.75) is 39.3 Å². The summed E-state index contributed by atoms with van der Waals surface area (Å²) < 4.78 is 11.7. The SMILES string of the molecule is COc1cc(CNC(C)(C)C)cc(Br)c1OCCC(N)=O. The van der Waals surface area contributed by atoms with Crippen molar-refractivity contribution in [3.63, 3.8) is 0 Å². The molecule has 0 saturated heterocycles. The van der Waals surface area contributed by atoms with Crippen molar-refractivity contribution in [3.05, 3.63) is 22.2 Å². The number of benzene rings is 1. The molecule has 1 rings (SSSR count). The van der Waals surface area contributed by atoms with Gasteiger partial charge in [0, 0.05) is 12.1 Å². The van der Waals surface area contributed by atoms with Gasteiger partial charge in [-0.15, -0.1) is 0 Å². The van der Waals surface area contributed by atoms with Crippen LogP contribution in [-0.4, -0.2) is 25.2 Å². The van der Waals surface area contributed by atoms with Gasteiger partial charge in [-0.05, 0) is 54.4 Å². The number of carbonyl (C=O) groups is 1. The first-order valence-electron chi connectivity index (χ1n) is 6.75. The Morgan fingerprint density at radius 3 is 2.57 bits per heavy atom. The number of primary amides is 1. The molecule has 0 saturated carbocycles. The van der Waals surface area contributed by atoms with Gasteiger partial charge >= 0.3 is 0 Å². The predicted octanol–water partition coefficient (Wildman–Crippen LogP) is 2.60. The van der Waals surface area contributed by atoms with Gasteiger partial charge in [0.05, 0.1) is 24.6 Å². The molecule has 1 amide bonds. The minimum absolute atomic E-state index is 0.0381. The molecule has 0 spiro atoms. The topological polar surface area (TPSA) is 73.6 Å². The van der Waals surface area contributed by atoms with Gasteiger partial charge in [-0.1, -0.05) is 0 Å². The molecule has 0 aliphatic carbocycles. The molecule has 5 nitrogen and oxygen atoms in total. The summed E-state index contributed by atoms with van der Waals surface area (Å²) in [6, 6.07) is 3.89. The van der Waals surface area contributed by atoms with E-state index in [1.54, 1.807) is 7.11 Å². The number of hydrogen-bond donors (Lipinski definition) is 2. The third kappa shape index (κ3) is 6.35. The Kier molecular flexibility index (Phi) is 6.48. The summed E-state index contributed by atoms with van der Waals surface area (Å²) >= 11 is 3.48. The first-order chi connectivity index (χ1) is 9.73. The van der Waals surface area contributed by atoms with Gasteiger partial charge in [0.1, 0.15) is 0 Å². The molecule has 0 aromatic heterocycles. The summed E-state index contributed by atoms with van der Waals surface area (Å²) in [5, 5.41) is 3.42. The number of hydrogen-bond acceptors (Lipinski definition) is 4. The smallest absolute Gasteiger partial charge is 0.220 e. The molecule has 0 heterocycles. The van der Waals surface area contributed by atoms with E-state index >= 15 is 0 Å². The number of halogens is 1. The lowest BCUT2D eigenvalue weighted by atomic mass is 10.1. The minimum atomic E-state index is -0.393. The fourth-order valence-corrected chi connectivity index (χ4v) is 2.24. The summed E-state index contributed by atoms with van der Waals surface area (Å²) in [6.45, 7) is 7.28. The molecular weight excluding hydrogens is 336 g/mol. The van der Waals surface area contributed by atoms with Crippen LogP contribution in [-0.2, 0) is 11.3 Å². The standard InChI is InChI=1S/C15H23BrN2O3/c1-15(2,3)18-9-10-7-11(16)14(12(8-10)20-4)21-6-5-13(17)19/h7-8,18H,5-6,9H2,1-4H3,(H2,17,19). The normalized spacial score (nSPS) is 11.3. The Morgan fingerprint density at radius 2 is 2.05 bits per heavy atom. The van der Waals surface area contributed by atoms with Gasteiger partial charge < -0.3 is 20.5 Å². The first kappa shape index (κ1) is 17.8. The highest BCUT2D eigenvalue weighted by molar-refractivity contribution is 9.10. The van der Waals surface area contributed by atoms with Gasteiger partial charge in [-0.3, -0.25) is 4.79 Å². The Bertz CT molecular complexity index is 498. The molecule has 0 aliphatic heterocycles. The van der Waals surface area contributed by atoms with Crippen LogP contribution in [0, 0.1) is 0 Å². The maximum Gasteiger partial charge on any atom is 0.220 e. The highest BCUT2D eigenvalue weighted by Gasteiger charge is 2.14. The van der Waals surface area contributed by atoms with Crippen molar-refractivity contribution in [3.8, 4) is 11.5 Å². The highest BCUT2D eigenvalue weighted by Crippen LogP contribution is 2.36. The lowest BCUT2D eigenvalue weighted by molar-refractivity contribution is -0.118. The van der Waals surface area contributed by atoms with Crippen LogP contribution in [0.25, 0.3) is 0 Å².